The lowest BCUT2D eigenvalue weighted by molar-refractivity contribution is 0.154. The zero-order valence-electron chi connectivity index (χ0n) is 12.1. The van der Waals surface area contributed by atoms with Gasteiger partial charge in [0.1, 0.15) is 15.6 Å². The van der Waals surface area contributed by atoms with Crippen molar-refractivity contribution in [3.8, 4) is 5.75 Å². The van der Waals surface area contributed by atoms with E-state index in [1.165, 1.54) is 6.26 Å². The van der Waals surface area contributed by atoms with Gasteiger partial charge in [-0.05, 0) is 32.4 Å². The highest BCUT2D eigenvalue weighted by atomic mass is 32.2. The van der Waals surface area contributed by atoms with E-state index in [4.69, 9.17) is 4.74 Å². The summed E-state index contributed by atoms with van der Waals surface area (Å²) in [6.45, 7) is 0.748. The van der Waals surface area contributed by atoms with E-state index in [0.29, 0.717) is 6.42 Å². The van der Waals surface area contributed by atoms with Gasteiger partial charge >= 0.3 is 0 Å². The van der Waals surface area contributed by atoms with Crippen molar-refractivity contribution >= 4 is 9.84 Å². The molecule has 1 aromatic rings. The Kier molecular flexibility index (Phi) is 5.05. The molecule has 2 unspecified atom stereocenters. The van der Waals surface area contributed by atoms with Crippen LogP contribution in [0, 0.1) is 0 Å². The van der Waals surface area contributed by atoms with Gasteiger partial charge in [-0.2, -0.15) is 0 Å². The van der Waals surface area contributed by atoms with Crippen molar-refractivity contribution in [2.75, 3.05) is 13.3 Å². The Morgan fingerprint density at radius 3 is 2.75 bits per heavy atom. The predicted octanol–water partition coefficient (Wildman–Crippen LogP) is 2.14. The van der Waals surface area contributed by atoms with Crippen molar-refractivity contribution in [1.29, 1.82) is 0 Å². The lowest BCUT2D eigenvalue weighted by Gasteiger charge is -2.29. The predicted molar refractivity (Wildman–Crippen MR) is 80.7 cm³/mol. The van der Waals surface area contributed by atoms with Crippen LogP contribution < -0.4 is 10.1 Å². The van der Waals surface area contributed by atoms with Crippen LogP contribution in [0.15, 0.2) is 24.3 Å². The SMILES string of the molecule is CNCc1ccccc1OC1CCCC(S(C)(=O)=O)C1. The van der Waals surface area contributed by atoms with Crippen LogP contribution in [-0.2, 0) is 16.4 Å². The molecular weight excluding hydrogens is 274 g/mol. The molecule has 1 fully saturated rings. The fraction of sp³-hybridized carbons (Fsp3) is 0.600. The summed E-state index contributed by atoms with van der Waals surface area (Å²) in [7, 11) is -1.06. The van der Waals surface area contributed by atoms with Crippen LogP contribution >= 0.6 is 0 Å². The van der Waals surface area contributed by atoms with Crippen molar-refractivity contribution in [2.45, 2.75) is 43.6 Å². The van der Waals surface area contributed by atoms with Gasteiger partial charge in [-0.15, -0.1) is 0 Å². The first-order chi connectivity index (χ1) is 9.50. The van der Waals surface area contributed by atoms with Crippen LogP contribution in [0.4, 0.5) is 0 Å². The molecule has 0 heterocycles. The maximum Gasteiger partial charge on any atom is 0.150 e. The maximum atomic E-state index is 11.7. The van der Waals surface area contributed by atoms with Gasteiger partial charge in [0, 0.05) is 24.8 Å². The number of benzene rings is 1. The summed E-state index contributed by atoms with van der Waals surface area (Å²) in [6.07, 6.45) is 4.54. The number of hydrogen-bond donors (Lipinski definition) is 1. The van der Waals surface area contributed by atoms with Gasteiger partial charge in [0.15, 0.2) is 0 Å². The number of nitrogens with one attached hydrogen (secondary N) is 1. The van der Waals surface area contributed by atoms with E-state index in [1.807, 2.05) is 31.3 Å². The Bertz CT molecular complexity index is 542. The first kappa shape index (κ1) is 15.3. The first-order valence-corrected chi connectivity index (χ1v) is 9.04. The summed E-state index contributed by atoms with van der Waals surface area (Å²) < 4.78 is 29.4. The van der Waals surface area contributed by atoms with Crippen molar-refractivity contribution in [3.63, 3.8) is 0 Å². The second-order valence-corrected chi connectivity index (χ2v) is 7.82. The Hall–Kier alpha value is -1.07. The molecule has 1 N–H and O–H groups in total. The lowest BCUT2D eigenvalue weighted by Crippen LogP contribution is -2.33. The molecule has 1 aliphatic carbocycles. The number of ether oxygens (including phenoxy) is 1. The van der Waals surface area contributed by atoms with Crippen LogP contribution in [-0.4, -0.2) is 33.1 Å². The highest BCUT2D eigenvalue weighted by molar-refractivity contribution is 7.91. The topological polar surface area (TPSA) is 55.4 Å². The van der Waals surface area contributed by atoms with E-state index < -0.39 is 9.84 Å². The van der Waals surface area contributed by atoms with Gasteiger partial charge in [0.2, 0.25) is 0 Å². The molecule has 0 bridgehead atoms. The molecule has 0 spiro atoms. The third-order valence-electron chi connectivity index (χ3n) is 3.82. The van der Waals surface area contributed by atoms with Gasteiger partial charge in [0.05, 0.1) is 11.4 Å². The van der Waals surface area contributed by atoms with Gasteiger partial charge in [-0.1, -0.05) is 18.2 Å². The van der Waals surface area contributed by atoms with E-state index in [0.717, 1.165) is 37.1 Å². The highest BCUT2D eigenvalue weighted by Gasteiger charge is 2.30. The maximum absolute atomic E-state index is 11.7. The molecule has 0 amide bonds. The van der Waals surface area contributed by atoms with Gasteiger partial charge < -0.3 is 10.1 Å². The highest BCUT2D eigenvalue weighted by Crippen LogP contribution is 2.28. The molecule has 2 atom stereocenters. The van der Waals surface area contributed by atoms with E-state index >= 15 is 0 Å². The average Bonchev–Trinajstić information content (AvgIpc) is 2.41. The third kappa shape index (κ3) is 3.96. The normalized spacial score (nSPS) is 23.5. The van der Waals surface area contributed by atoms with Gasteiger partial charge in [-0.25, -0.2) is 8.42 Å². The largest absolute Gasteiger partial charge is 0.490 e. The van der Waals surface area contributed by atoms with E-state index in [2.05, 4.69) is 5.32 Å². The number of hydrogen-bond acceptors (Lipinski definition) is 4. The van der Waals surface area contributed by atoms with E-state index in [-0.39, 0.29) is 11.4 Å². The molecule has 1 aliphatic rings. The van der Waals surface area contributed by atoms with Crippen molar-refractivity contribution < 1.29 is 13.2 Å². The lowest BCUT2D eigenvalue weighted by atomic mass is 9.97. The third-order valence-corrected chi connectivity index (χ3v) is 5.46. The Morgan fingerprint density at radius 1 is 1.30 bits per heavy atom. The molecular formula is C15H23NO3S. The number of rotatable bonds is 5. The standard InChI is InChI=1S/C15H23NO3S/c1-16-11-12-6-3-4-9-15(12)19-13-7-5-8-14(10-13)20(2,17)18/h3-4,6,9,13-14,16H,5,7-8,10-11H2,1-2H3. The second kappa shape index (κ2) is 6.59. The van der Waals surface area contributed by atoms with Crippen LogP contribution in [0.5, 0.6) is 5.75 Å². The molecule has 1 saturated carbocycles. The summed E-state index contributed by atoms with van der Waals surface area (Å²) in [6, 6.07) is 7.92. The second-order valence-electron chi connectivity index (χ2n) is 5.50. The minimum absolute atomic E-state index is 0.00137. The van der Waals surface area contributed by atoms with E-state index in [9.17, 15) is 8.42 Å². The number of sulfone groups is 1. The van der Waals surface area contributed by atoms with Crippen LogP contribution in [0.3, 0.4) is 0 Å². The molecule has 0 saturated heterocycles. The van der Waals surface area contributed by atoms with Gasteiger partial charge in [0.25, 0.3) is 0 Å². The van der Waals surface area contributed by atoms with Crippen LogP contribution in [0.1, 0.15) is 31.2 Å². The van der Waals surface area contributed by atoms with Crippen molar-refractivity contribution in [1.82, 2.24) is 5.32 Å². The summed E-state index contributed by atoms with van der Waals surface area (Å²) >= 11 is 0. The molecule has 20 heavy (non-hydrogen) atoms. The molecule has 1 aromatic carbocycles. The Labute approximate surface area is 121 Å². The van der Waals surface area contributed by atoms with Crippen molar-refractivity contribution in [3.05, 3.63) is 29.8 Å². The zero-order valence-corrected chi connectivity index (χ0v) is 12.9. The quantitative estimate of drug-likeness (QED) is 0.904. The van der Waals surface area contributed by atoms with Gasteiger partial charge in [-0.3, -0.25) is 0 Å². The first-order valence-electron chi connectivity index (χ1n) is 7.08. The van der Waals surface area contributed by atoms with Crippen LogP contribution in [0.25, 0.3) is 0 Å². The zero-order chi connectivity index (χ0) is 14.6. The molecule has 0 aromatic heterocycles. The van der Waals surface area contributed by atoms with Crippen molar-refractivity contribution in [2.24, 2.45) is 0 Å². The summed E-state index contributed by atoms with van der Waals surface area (Å²) in [5.74, 6) is 0.862. The molecule has 112 valence electrons. The molecule has 2 rings (SSSR count). The molecule has 0 radical (unpaired) electrons. The smallest absolute Gasteiger partial charge is 0.150 e. The van der Waals surface area contributed by atoms with E-state index in [1.54, 1.807) is 0 Å². The minimum atomic E-state index is -2.96. The number of para-hydroxylation sites is 1. The molecule has 5 heteroatoms. The Morgan fingerprint density at radius 2 is 2.05 bits per heavy atom. The Balaban J connectivity index is 2.06. The summed E-state index contributed by atoms with van der Waals surface area (Å²) in [4.78, 5) is 0. The monoisotopic (exact) mass is 297 g/mol. The molecule has 4 nitrogen and oxygen atoms in total. The minimum Gasteiger partial charge on any atom is -0.490 e. The molecule has 0 aliphatic heterocycles. The summed E-state index contributed by atoms with van der Waals surface area (Å²) in [5.41, 5.74) is 1.11. The fourth-order valence-electron chi connectivity index (χ4n) is 2.73. The fourth-order valence-corrected chi connectivity index (χ4v) is 3.89. The average molecular weight is 297 g/mol. The van der Waals surface area contributed by atoms with Crippen LogP contribution in [0.2, 0.25) is 0 Å². The summed E-state index contributed by atoms with van der Waals surface area (Å²) in [5, 5.41) is 2.87.